The van der Waals surface area contributed by atoms with Crippen LogP contribution in [0, 0.1) is 6.92 Å². The first-order chi connectivity index (χ1) is 7.05. The molecule has 0 heterocycles. The van der Waals surface area contributed by atoms with Crippen molar-refractivity contribution in [1.29, 1.82) is 0 Å². The minimum absolute atomic E-state index is 0.161. The van der Waals surface area contributed by atoms with Crippen LogP contribution in [-0.2, 0) is 4.57 Å². The van der Waals surface area contributed by atoms with Gasteiger partial charge in [-0.3, -0.25) is 4.79 Å². The molecule has 0 aliphatic carbocycles. The van der Waals surface area contributed by atoms with Crippen molar-refractivity contribution in [2.45, 2.75) is 20.8 Å². The molecule has 82 valence electrons. The third-order valence-electron chi connectivity index (χ3n) is 2.77. The number of hydrogen-bond donors (Lipinski definition) is 0. The number of hydrogen-bond acceptors (Lipinski definition) is 2. The van der Waals surface area contributed by atoms with Crippen molar-refractivity contribution in [2.24, 2.45) is 0 Å². The van der Waals surface area contributed by atoms with Gasteiger partial charge in [-0.25, -0.2) is 0 Å². The Kier molecular flexibility index (Phi) is 3.87. The van der Waals surface area contributed by atoms with E-state index in [1.54, 1.807) is 6.07 Å². The molecule has 1 rings (SSSR count). The molecule has 1 aromatic rings. The molecule has 0 spiro atoms. The maximum Gasteiger partial charge on any atom is 0.221 e. The molecule has 0 atom stereocenters. The summed E-state index contributed by atoms with van der Waals surface area (Å²) >= 11 is 0. The molecule has 0 fully saturated rings. The highest BCUT2D eigenvalue weighted by atomic mass is 31.2. The summed E-state index contributed by atoms with van der Waals surface area (Å²) < 4.78 is 12.3. The second kappa shape index (κ2) is 4.76. The average molecular weight is 224 g/mol. The molecule has 0 saturated carbocycles. The normalized spacial score (nSPS) is 11.4. The van der Waals surface area contributed by atoms with E-state index in [0.29, 0.717) is 17.9 Å². The fourth-order valence-electron chi connectivity index (χ4n) is 1.54. The van der Waals surface area contributed by atoms with Gasteiger partial charge in [0.25, 0.3) is 0 Å². The SMILES string of the molecule is CCP(=O)(CC)C(=O)c1ccccc1C. The van der Waals surface area contributed by atoms with Crippen LogP contribution < -0.4 is 0 Å². The van der Waals surface area contributed by atoms with E-state index in [9.17, 15) is 9.36 Å². The van der Waals surface area contributed by atoms with Crippen molar-refractivity contribution in [1.82, 2.24) is 0 Å². The summed E-state index contributed by atoms with van der Waals surface area (Å²) in [5.41, 5.74) is 1.36. The summed E-state index contributed by atoms with van der Waals surface area (Å²) in [7, 11) is -2.66. The predicted octanol–water partition coefficient (Wildman–Crippen LogP) is 3.54. The van der Waals surface area contributed by atoms with Crippen molar-refractivity contribution < 1.29 is 9.36 Å². The number of carbonyl (C=O) groups is 1. The number of rotatable bonds is 4. The smallest absolute Gasteiger partial charge is 0.221 e. The Morgan fingerprint density at radius 2 is 1.73 bits per heavy atom. The van der Waals surface area contributed by atoms with Crippen molar-refractivity contribution >= 4 is 12.7 Å². The number of carbonyl (C=O) groups excluding carboxylic acids is 1. The zero-order valence-corrected chi connectivity index (χ0v) is 10.4. The fraction of sp³-hybridized carbons (Fsp3) is 0.417. The zero-order chi connectivity index (χ0) is 11.5. The maximum atomic E-state index is 12.3. The van der Waals surface area contributed by atoms with E-state index in [1.807, 2.05) is 39.0 Å². The molecule has 0 unspecified atom stereocenters. The van der Waals surface area contributed by atoms with Crippen molar-refractivity contribution in [2.75, 3.05) is 12.3 Å². The Hall–Kier alpha value is -0.880. The lowest BCUT2D eigenvalue weighted by atomic mass is 10.1. The Morgan fingerprint density at radius 1 is 1.20 bits per heavy atom. The first-order valence-corrected chi connectivity index (χ1v) is 7.31. The standard InChI is InChI=1S/C12H17O2P/c1-4-15(14,5-2)12(13)11-9-7-6-8-10(11)3/h6-9H,4-5H2,1-3H3. The highest BCUT2D eigenvalue weighted by Crippen LogP contribution is 2.48. The van der Waals surface area contributed by atoms with Crippen molar-refractivity contribution in [3.05, 3.63) is 35.4 Å². The van der Waals surface area contributed by atoms with Gasteiger partial charge in [0.2, 0.25) is 5.52 Å². The Balaban J connectivity index is 3.15. The minimum Gasteiger partial charge on any atom is -0.315 e. The summed E-state index contributed by atoms with van der Waals surface area (Å²) in [5, 5.41) is 0. The lowest BCUT2D eigenvalue weighted by Gasteiger charge is -2.13. The van der Waals surface area contributed by atoms with Crippen LogP contribution in [0.4, 0.5) is 0 Å². The lowest BCUT2D eigenvalue weighted by molar-refractivity contribution is 0.107. The predicted molar refractivity (Wildman–Crippen MR) is 64.2 cm³/mol. The quantitative estimate of drug-likeness (QED) is 0.733. The number of benzene rings is 1. The van der Waals surface area contributed by atoms with E-state index in [2.05, 4.69) is 0 Å². The van der Waals surface area contributed by atoms with Crippen LogP contribution >= 0.6 is 7.14 Å². The van der Waals surface area contributed by atoms with Gasteiger partial charge in [-0.2, -0.15) is 0 Å². The van der Waals surface area contributed by atoms with Crippen LogP contribution in [0.25, 0.3) is 0 Å². The molecule has 15 heavy (non-hydrogen) atoms. The molecule has 0 saturated heterocycles. The van der Waals surface area contributed by atoms with Crippen LogP contribution in [0.1, 0.15) is 29.8 Å². The summed E-state index contributed by atoms with van der Waals surface area (Å²) in [6, 6.07) is 7.34. The van der Waals surface area contributed by atoms with Gasteiger partial charge in [0, 0.05) is 17.9 Å². The molecule has 0 aliphatic rings. The minimum atomic E-state index is -2.66. The van der Waals surface area contributed by atoms with E-state index in [1.165, 1.54) is 0 Å². The van der Waals surface area contributed by atoms with Crippen LogP contribution in [0.15, 0.2) is 24.3 Å². The van der Waals surface area contributed by atoms with Crippen molar-refractivity contribution in [3.8, 4) is 0 Å². The summed E-state index contributed by atoms with van der Waals surface area (Å²) in [4.78, 5) is 12.1. The monoisotopic (exact) mass is 224 g/mol. The molecule has 3 heteroatoms. The van der Waals surface area contributed by atoms with Gasteiger partial charge in [-0.05, 0) is 12.5 Å². The molecule has 1 aromatic carbocycles. The van der Waals surface area contributed by atoms with Gasteiger partial charge in [-0.15, -0.1) is 0 Å². The topological polar surface area (TPSA) is 34.1 Å². The second-order valence-electron chi connectivity index (χ2n) is 3.64. The van der Waals surface area contributed by atoms with Gasteiger partial charge < -0.3 is 4.57 Å². The number of aryl methyl sites for hydroxylation is 1. The fourth-order valence-corrected chi connectivity index (χ4v) is 3.25. The van der Waals surface area contributed by atoms with Crippen LogP contribution in [0.2, 0.25) is 0 Å². The van der Waals surface area contributed by atoms with Gasteiger partial charge in [0.1, 0.15) is 0 Å². The Bertz CT molecular complexity index is 402. The molecule has 0 radical (unpaired) electrons. The van der Waals surface area contributed by atoms with E-state index in [4.69, 9.17) is 0 Å². The first kappa shape index (κ1) is 12.2. The van der Waals surface area contributed by atoms with Crippen LogP contribution in [0.5, 0.6) is 0 Å². The van der Waals surface area contributed by atoms with Crippen molar-refractivity contribution in [3.63, 3.8) is 0 Å². The molecule has 0 aliphatic heterocycles. The average Bonchev–Trinajstić information content (AvgIpc) is 2.28. The summed E-state index contributed by atoms with van der Waals surface area (Å²) in [6.07, 6.45) is 0.910. The zero-order valence-electron chi connectivity index (χ0n) is 9.49. The van der Waals surface area contributed by atoms with Gasteiger partial charge in [0.15, 0.2) is 7.14 Å². The third kappa shape index (κ3) is 2.38. The largest absolute Gasteiger partial charge is 0.315 e. The highest BCUT2D eigenvalue weighted by molar-refractivity contribution is 7.81. The van der Waals surface area contributed by atoms with Gasteiger partial charge >= 0.3 is 0 Å². The summed E-state index contributed by atoms with van der Waals surface area (Å²) in [5.74, 6) is 0. The third-order valence-corrected chi connectivity index (χ3v) is 5.79. The van der Waals surface area contributed by atoms with E-state index >= 15 is 0 Å². The molecular weight excluding hydrogens is 207 g/mol. The van der Waals surface area contributed by atoms with E-state index in [0.717, 1.165) is 5.56 Å². The van der Waals surface area contributed by atoms with Crippen LogP contribution in [-0.4, -0.2) is 17.8 Å². The molecule has 2 nitrogen and oxygen atoms in total. The van der Waals surface area contributed by atoms with Gasteiger partial charge in [0.05, 0.1) is 0 Å². The Morgan fingerprint density at radius 3 is 2.20 bits per heavy atom. The molecule has 0 N–H and O–H groups in total. The second-order valence-corrected chi connectivity index (χ2v) is 7.09. The highest BCUT2D eigenvalue weighted by Gasteiger charge is 2.28. The molecule has 0 bridgehead atoms. The molecule has 0 aromatic heterocycles. The molecular formula is C12H17O2P. The van der Waals surface area contributed by atoms with E-state index in [-0.39, 0.29) is 5.52 Å². The first-order valence-electron chi connectivity index (χ1n) is 5.23. The summed E-state index contributed by atoms with van der Waals surface area (Å²) in [6.45, 7) is 5.52. The van der Waals surface area contributed by atoms with E-state index < -0.39 is 7.14 Å². The Labute approximate surface area is 91.1 Å². The maximum absolute atomic E-state index is 12.3. The van der Waals surface area contributed by atoms with Crippen LogP contribution in [0.3, 0.4) is 0 Å². The molecule has 0 amide bonds. The van der Waals surface area contributed by atoms with Gasteiger partial charge in [-0.1, -0.05) is 38.1 Å². The lowest BCUT2D eigenvalue weighted by Crippen LogP contribution is -2.06.